The first-order chi connectivity index (χ1) is 4.22. The van der Waals surface area contributed by atoms with Crippen LogP contribution in [-0.2, 0) is 11.3 Å². The van der Waals surface area contributed by atoms with Crippen molar-refractivity contribution in [1.29, 1.82) is 0 Å². The molecule has 0 saturated carbocycles. The Hall–Kier alpha value is -0.680. The predicted octanol–water partition coefficient (Wildman–Crippen LogP) is 0.176. The summed E-state index contributed by atoms with van der Waals surface area (Å²) in [6.07, 6.45) is 2.93. The maximum absolute atomic E-state index is 10.3. The first kappa shape index (κ1) is 6.44. The Kier molecular flexibility index (Phi) is 1.63. The summed E-state index contributed by atoms with van der Waals surface area (Å²) in [5.74, 6) is 0.538. The molecule has 0 saturated heterocycles. The van der Waals surface area contributed by atoms with Crippen LogP contribution in [0.1, 0.15) is 5.82 Å². The number of imidazole rings is 1. The molecule has 9 heavy (non-hydrogen) atoms. The molecule has 0 fully saturated rings. The van der Waals surface area contributed by atoms with E-state index in [1.807, 2.05) is 0 Å². The van der Waals surface area contributed by atoms with Gasteiger partial charge in [-0.15, -0.1) is 0 Å². The summed E-state index contributed by atoms with van der Waals surface area (Å²) in [5.41, 5.74) is 0. The molecule has 1 aromatic rings. The largest absolute Gasteiger partial charge is 0.289 e. The number of hydrogen-bond donors (Lipinski definition) is 1. The molecule has 0 aromatic carbocycles. The fourth-order valence-electron chi connectivity index (χ4n) is 0.532. The van der Waals surface area contributed by atoms with Crippen LogP contribution in [0.2, 0.25) is 0 Å². The molecule has 0 spiro atoms. The van der Waals surface area contributed by atoms with Crippen molar-refractivity contribution >= 4 is 11.3 Å². The molecule has 1 unspecified atom stereocenters. The molecule has 50 valence electrons. The standard InChI is InChI=1S/C4H6N2O2S/c1-4-5-2-3-6(4)9(7)8/h2-3H,1H3,(H,7,8). The van der Waals surface area contributed by atoms with Crippen LogP contribution >= 0.6 is 0 Å². The van der Waals surface area contributed by atoms with Gasteiger partial charge in [0.2, 0.25) is 0 Å². The summed E-state index contributed by atoms with van der Waals surface area (Å²) in [7, 11) is 0. The quantitative estimate of drug-likeness (QED) is 0.575. The SMILES string of the molecule is Cc1nccn1S(=O)O. The third kappa shape index (κ3) is 1.17. The van der Waals surface area contributed by atoms with Gasteiger partial charge in [0, 0.05) is 12.4 Å². The van der Waals surface area contributed by atoms with Crippen LogP contribution in [0.15, 0.2) is 12.4 Å². The molecule has 0 bridgehead atoms. The maximum Gasteiger partial charge on any atom is 0.267 e. The topological polar surface area (TPSA) is 55.1 Å². The average Bonchev–Trinajstić information content (AvgIpc) is 2.13. The van der Waals surface area contributed by atoms with Crippen LogP contribution in [0.4, 0.5) is 0 Å². The number of hydrogen-bond acceptors (Lipinski definition) is 2. The minimum Gasteiger partial charge on any atom is -0.289 e. The molecule has 0 aliphatic carbocycles. The van der Waals surface area contributed by atoms with Gasteiger partial charge >= 0.3 is 0 Å². The zero-order valence-corrected chi connectivity index (χ0v) is 5.63. The Labute approximate surface area is 54.9 Å². The van der Waals surface area contributed by atoms with Crippen LogP contribution in [0, 0.1) is 6.92 Å². The highest BCUT2D eigenvalue weighted by atomic mass is 32.2. The van der Waals surface area contributed by atoms with Gasteiger partial charge in [-0.05, 0) is 6.92 Å². The Bertz CT molecular complexity index is 232. The molecular formula is C4H6N2O2S. The third-order valence-corrected chi connectivity index (χ3v) is 1.67. The molecule has 1 heterocycles. The zero-order chi connectivity index (χ0) is 6.85. The van der Waals surface area contributed by atoms with Crippen LogP contribution in [0.3, 0.4) is 0 Å². The van der Waals surface area contributed by atoms with E-state index in [1.54, 1.807) is 6.92 Å². The number of nitrogens with zero attached hydrogens (tertiary/aromatic N) is 2. The van der Waals surface area contributed by atoms with Crippen molar-refractivity contribution in [3.05, 3.63) is 18.2 Å². The van der Waals surface area contributed by atoms with E-state index in [1.165, 1.54) is 16.4 Å². The van der Waals surface area contributed by atoms with Crippen LogP contribution in [0.5, 0.6) is 0 Å². The minimum atomic E-state index is -1.96. The first-order valence-electron chi connectivity index (χ1n) is 2.33. The van der Waals surface area contributed by atoms with E-state index < -0.39 is 11.3 Å². The number of aromatic nitrogens is 2. The van der Waals surface area contributed by atoms with Crippen LogP contribution in [0.25, 0.3) is 0 Å². The Morgan fingerprint density at radius 1 is 1.89 bits per heavy atom. The molecule has 1 atom stereocenters. The van der Waals surface area contributed by atoms with Gasteiger partial charge in [-0.2, -0.15) is 0 Å². The van der Waals surface area contributed by atoms with Crippen molar-refractivity contribution in [2.45, 2.75) is 6.92 Å². The molecule has 5 heteroatoms. The van der Waals surface area contributed by atoms with Crippen molar-refractivity contribution in [3.8, 4) is 0 Å². The lowest BCUT2D eigenvalue weighted by atomic mass is 10.8. The maximum atomic E-state index is 10.3. The van der Waals surface area contributed by atoms with Gasteiger partial charge in [0.05, 0.1) is 0 Å². The van der Waals surface area contributed by atoms with Gasteiger partial charge in [0.1, 0.15) is 5.82 Å². The van der Waals surface area contributed by atoms with E-state index in [0.717, 1.165) is 0 Å². The normalized spacial score (nSPS) is 13.6. The van der Waals surface area contributed by atoms with E-state index in [0.29, 0.717) is 5.82 Å². The van der Waals surface area contributed by atoms with Crippen LogP contribution in [-0.4, -0.2) is 17.7 Å². The fraction of sp³-hybridized carbons (Fsp3) is 0.250. The highest BCUT2D eigenvalue weighted by Crippen LogP contribution is 1.94. The Balaban J connectivity index is 3.08. The van der Waals surface area contributed by atoms with Crippen molar-refractivity contribution in [1.82, 2.24) is 8.96 Å². The molecule has 0 amide bonds. The lowest BCUT2D eigenvalue weighted by Gasteiger charge is -1.93. The summed E-state index contributed by atoms with van der Waals surface area (Å²) >= 11 is -1.96. The zero-order valence-electron chi connectivity index (χ0n) is 4.81. The van der Waals surface area contributed by atoms with Gasteiger partial charge in [0.25, 0.3) is 11.3 Å². The number of rotatable bonds is 1. The van der Waals surface area contributed by atoms with Crippen molar-refractivity contribution < 1.29 is 8.76 Å². The third-order valence-electron chi connectivity index (χ3n) is 0.951. The molecule has 1 rings (SSSR count). The lowest BCUT2D eigenvalue weighted by Crippen LogP contribution is -2.02. The molecular weight excluding hydrogens is 140 g/mol. The lowest BCUT2D eigenvalue weighted by molar-refractivity contribution is 0.553. The van der Waals surface area contributed by atoms with Crippen molar-refractivity contribution in [2.75, 3.05) is 0 Å². The predicted molar refractivity (Wildman–Crippen MR) is 33.1 cm³/mol. The fourth-order valence-corrected chi connectivity index (χ4v) is 0.963. The minimum absolute atomic E-state index is 0.538. The second-order valence-corrected chi connectivity index (χ2v) is 2.39. The summed E-state index contributed by atoms with van der Waals surface area (Å²) in [6.45, 7) is 1.66. The summed E-state index contributed by atoms with van der Waals surface area (Å²) in [4.78, 5) is 3.75. The van der Waals surface area contributed by atoms with Crippen LogP contribution < -0.4 is 0 Å². The Morgan fingerprint density at radius 3 is 2.78 bits per heavy atom. The average molecular weight is 146 g/mol. The highest BCUT2D eigenvalue weighted by molar-refractivity contribution is 7.77. The molecule has 1 aromatic heterocycles. The van der Waals surface area contributed by atoms with Crippen molar-refractivity contribution in [3.63, 3.8) is 0 Å². The summed E-state index contributed by atoms with van der Waals surface area (Å²) in [6, 6.07) is 0. The number of aryl methyl sites for hydroxylation is 1. The second-order valence-electron chi connectivity index (χ2n) is 1.53. The van der Waals surface area contributed by atoms with E-state index in [2.05, 4.69) is 4.98 Å². The van der Waals surface area contributed by atoms with Crippen molar-refractivity contribution in [2.24, 2.45) is 0 Å². The van der Waals surface area contributed by atoms with Gasteiger partial charge in [0.15, 0.2) is 0 Å². The molecule has 0 aliphatic rings. The van der Waals surface area contributed by atoms with Gasteiger partial charge in [-0.1, -0.05) is 0 Å². The van der Waals surface area contributed by atoms with E-state index in [-0.39, 0.29) is 0 Å². The molecule has 0 aliphatic heterocycles. The highest BCUT2D eigenvalue weighted by Gasteiger charge is 1.98. The Morgan fingerprint density at radius 2 is 2.56 bits per heavy atom. The van der Waals surface area contributed by atoms with Gasteiger partial charge in [-0.25, -0.2) is 13.2 Å². The van der Waals surface area contributed by atoms with Gasteiger partial charge in [-0.3, -0.25) is 4.55 Å². The van der Waals surface area contributed by atoms with Gasteiger partial charge < -0.3 is 0 Å². The van der Waals surface area contributed by atoms with E-state index in [9.17, 15) is 4.21 Å². The summed E-state index contributed by atoms with van der Waals surface area (Å²) < 4.78 is 20.0. The molecule has 0 radical (unpaired) electrons. The monoisotopic (exact) mass is 146 g/mol. The second kappa shape index (κ2) is 2.28. The first-order valence-corrected chi connectivity index (χ1v) is 3.39. The molecule has 4 nitrogen and oxygen atoms in total. The van der Waals surface area contributed by atoms with E-state index >= 15 is 0 Å². The summed E-state index contributed by atoms with van der Waals surface area (Å²) in [5, 5.41) is 0. The smallest absolute Gasteiger partial charge is 0.267 e. The molecule has 1 N–H and O–H groups in total. The van der Waals surface area contributed by atoms with E-state index in [4.69, 9.17) is 4.55 Å².